The molecule has 0 bridgehead atoms. The van der Waals surface area contributed by atoms with E-state index in [1.807, 2.05) is 36.4 Å². The number of rotatable bonds is 6. The van der Waals surface area contributed by atoms with E-state index in [4.69, 9.17) is 4.74 Å². The Balaban J connectivity index is 1.48. The number of nitrogens with zero attached hydrogens (tertiary/aromatic N) is 1. The number of nitrogens with one attached hydrogen (secondary N) is 1. The molecular weight excluding hydrogens is 432 g/mol. The number of methoxy groups -OCH3 is 1. The van der Waals surface area contributed by atoms with Gasteiger partial charge in [0.15, 0.2) is 0 Å². The van der Waals surface area contributed by atoms with Gasteiger partial charge in [0.1, 0.15) is 5.75 Å². The molecule has 0 aliphatic carbocycles. The van der Waals surface area contributed by atoms with Crippen molar-refractivity contribution in [2.24, 2.45) is 0 Å². The molecule has 1 aliphatic rings. The molecular formula is C27H26N2O3S. The first-order chi connectivity index (χ1) is 16.0. The fourth-order valence-corrected chi connectivity index (χ4v) is 4.72. The average Bonchev–Trinajstić information content (AvgIpc) is 2.83. The number of ether oxygens (including phenoxy) is 1. The lowest BCUT2D eigenvalue weighted by Gasteiger charge is -2.27. The van der Waals surface area contributed by atoms with E-state index in [0.29, 0.717) is 22.8 Å². The summed E-state index contributed by atoms with van der Waals surface area (Å²) in [5.74, 6) is 0.450. The Bertz CT molecular complexity index is 1220. The van der Waals surface area contributed by atoms with Gasteiger partial charge >= 0.3 is 0 Å². The summed E-state index contributed by atoms with van der Waals surface area (Å²) in [5, 5.41) is 2.97. The molecule has 0 radical (unpaired) electrons. The van der Waals surface area contributed by atoms with E-state index in [1.165, 1.54) is 22.9 Å². The number of carbonyl (C=O) groups is 2. The SMILES string of the molecule is COc1ccccc1/C=C1/Sc2ccc(C(=O)NCCc3ccc(C)cc3)cc2N(C)C1=O. The molecule has 6 heteroatoms. The van der Waals surface area contributed by atoms with Gasteiger partial charge in [-0.1, -0.05) is 59.8 Å². The van der Waals surface area contributed by atoms with Crippen molar-refractivity contribution in [2.45, 2.75) is 18.2 Å². The minimum Gasteiger partial charge on any atom is -0.496 e. The van der Waals surface area contributed by atoms with Crippen LogP contribution in [-0.4, -0.2) is 32.5 Å². The van der Waals surface area contributed by atoms with Gasteiger partial charge in [0, 0.05) is 29.6 Å². The van der Waals surface area contributed by atoms with Gasteiger partial charge in [0.05, 0.1) is 17.7 Å². The molecule has 33 heavy (non-hydrogen) atoms. The minimum absolute atomic E-state index is 0.115. The van der Waals surface area contributed by atoms with Gasteiger partial charge < -0.3 is 15.0 Å². The quantitative estimate of drug-likeness (QED) is 0.523. The lowest BCUT2D eigenvalue weighted by atomic mass is 10.1. The van der Waals surface area contributed by atoms with E-state index in [-0.39, 0.29) is 11.8 Å². The standard InChI is InChI=1S/C27H26N2O3S/c1-18-8-10-19(11-9-18)14-15-28-26(30)21-12-13-24-22(16-21)29(2)27(31)25(33-24)17-20-6-4-5-7-23(20)32-3/h4-13,16-17H,14-15H2,1-3H3,(H,28,30)/b25-17+. The second-order valence-electron chi connectivity index (χ2n) is 7.89. The fraction of sp³-hybridized carbons (Fsp3) is 0.185. The maximum Gasteiger partial charge on any atom is 0.264 e. The third-order valence-corrected chi connectivity index (χ3v) is 6.64. The highest BCUT2D eigenvalue weighted by molar-refractivity contribution is 8.04. The number of benzene rings is 3. The summed E-state index contributed by atoms with van der Waals surface area (Å²) in [6.45, 7) is 2.60. The predicted octanol–water partition coefficient (Wildman–Crippen LogP) is 5.09. The van der Waals surface area contributed by atoms with Crippen molar-refractivity contribution in [2.75, 3.05) is 25.6 Å². The zero-order valence-corrected chi connectivity index (χ0v) is 19.7. The molecule has 0 atom stereocenters. The molecule has 1 heterocycles. The molecule has 3 aromatic carbocycles. The van der Waals surface area contributed by atoms with Gasteiger partial charge in [-0.15, -0.1) is 0 Å². The molecule has 0 saturated heterocycles. The third-order valence-electron chi connectivity index (χ3n) is 5.56. The zero-order valence-electron chi connectivity index (χ0n) is 18.9. The maximum atomic E-state index is 13.0. The molecule has 0 saturated carbocycles. The van der Waals surface area contributed by atoms with Crippen molar-refractivity contribution in [1.82, 2.24) is 5.32 Å². The van der Waals surface area contributed by atoms with Crippen LogP contribution in [0.2, 0.25) is 0 Å². The number of para-hydroxylation sites is 1. The number of hydrogen-bond donors (Lipinski definition) is 1. The van der Waals surface area contributed by atoms with Gasteiger partial charge in [-0.05, 0) is 49.2 Å². The number of thioether (sulfide) groups is 1. The largest absolute Gasteiger partial charge is 0.496 e. The van der Waals surface area contributed by atoms with Crippen LogP contribution in [0, 0.1) is 6.92 Å². The Hall–Kier alpha value is -3.51. The highest BCUT2D eigenvalue weighted by Crippen LogP contribution is 2.42. The van der Waals surface area contributed by atoms with E-state index in [2.05, 4.69) is 36.5 Å². The van der Waals surface area contributed by atoms with Crippen LogP contribution in [0.15, 0.2) is 76.5 Å². The normalized spacial score (nSPS) is 14.2. The van der Waals surface area contributed by atoms with Crippen molar-refractivity contribution in [3.8, 4) is 5.75 Å². The molecule has 1 aliphatic heterocycles. The van der Waals surface area contributed by atoms with Gasteiger partial charge in [-0.25, -0.2) is 0 Å². The Morgan fingerprint density at radius 2 is 1.85 bits per heavy atom. The average molecular weight is 459 g/mol. The molecule has 2 amide bonds. The number of hydrogen-bond acceptors (Lipinski definition) is 4. The van der Waals surface area contributed by atoms with Crippen LogP contribution in [0.5, 0.6) is 5.75 Å². The van der Waals surface area contributed by atoms with Crippen LogP contribution in [-0.2, 0) is 11.2 Å². The predicted molar refractivity (Wildman–Crippen MR) is 134 cm³/mol. The number of amides is 2. The monoisotopic (exact) mass is 458 g/mol. The topological polar surface area (TPSA) is 58.6 Å². The van der Waals surface area contributed by atoms with Gasteiger partial charge in [-0.3, -0.25) is 9.59 Å². The Morgan fingerprint density at radius 3 is 2.61 bits per heavy atom. The third kappa shape index (κ3) is 5.12. The summed E-state index contributed by atoms with van der Waals surface area (Å²) in [5.41, 5.74) is 4.51. The van der Waals surface area contributed by atoms with Gasteiger partial charge in [0.25, 0.3) is 11.8 Å². The lowest BCUT2D eigenvalue weighted by molar-refractivity contribution is -0.114. The number of fused-ring (bicyclic) bond motifs is 1. The van der Waals surface area contributed by atoms with Gasteiger partial charge in [0.2, 0.25) is 0 Å². The van der Waals surface area contributed by atoms with E-state index in [9.17, 15) is 9.59 Å². The van der Waals surface area contributed by atoms with Gasteiger partial charge in [-0.2, -0.15) is 0 Å². The molecule has 0 spiro atoms. The van der Waals surface area contributed by atoms with Crippen molar-refractivity contribution < 1.29 is 14.3 Å². The van der Waals surface area contributed by atoms with E-state index in [1.54, 1.807) is 31.2 Å². The summed E-state index contributed by atoms with van der Waals surface area (Å²) < 4.78 is 5.40. The Labute approximate surface area is 198 Å². The second kappa shape index (κ2) is 9.96. The van der Waals surface area contributed by atoms with Crippen molar-refractivity contribution in [1.29, 1.82) is 0 Å². The molecule has 3 aromatic rings. The number of aryl methyl sites for hydroxylation is 1. The summed E-state index contributed by atoms with van der Waals surface area (Å²) in [7, 11) is 3.35. The lowest BCUT2D eigenvalue weighted by Crippen LogP contribution is -2.31. The van der Waals surface area contributed by atoms with Crippen molar-refractivity contribution >= 4 is 35.3 Å². The Morgan fingerprint density at radius 1 is 1.09 bits per heavy atom. The number of anilines is 1. The van der Waals surface area contributed by atoms with Crippen LogP contribution >= 0.6 is 11.8 Å². The van der Waals surface area contributed by atoms with Crippen molar-refractivity contribution in [3.63, 3.8) is 0 Å². The molecule has 0 aromatic heterocycles. The van der Waals surface area contributed by atoms with Crippen LogP contribution in [0.3, 0.4) is 0 Å². The van der Waals surface area contributed by atoms with Crippen LogP contribution < -0.4 is 15.0 Å². The van der Waals surface area contributed by atoms with Crippen molar-refractivity contribution in [3.05, 3.63) is 93.9 Å². The second-order valence-corrected chi connectivity index (χ2v) is 8.97. The molecule has 168 valence electrons. The zero-order chi connectivity index (χ0) is 23.4. The van der Waals surface area contributed by atoms with Crippen LogP contribution in [0.1, 0.15) is 27.0 Å². The maximum absolute atomic E-state index is 13.0. The first-order valence-corrected chi connectivity index (χ1v) is 11.6. The summed E-state index contributed by atoms with van der Waals surface area (Å²) in [4.78, 5) is 28.8. The van der Waals surface area contributed by atoms with E-state index in [0.717, 1.165) is 22.6 Å². The molecule has 0 fully saturated rings. The first kappa shape index (κ1) is 22.7. The smallest absolute Gasteiger partial charge is 0.264 e. The Kier molecular flexibility index (Phi) is 6.84. The highest BCUT2D eigenvalue weighted by Gasteiger charge is 2.27. The summed E-state index contributed by atoms with van der Waals surface area (Å²) in [6, 6.07) is 21.4. The molecule has 1 N–H and O–H groups in total. The fourth-order valence-electron chi connectivity index (χ4n) is 3.64. The minimum atomic E-state index is -0.147. The molecule has 5 nitrogen and oxygen atoms in total. The molecule has 4 rings (SSSR count). The summed E-state index contributed by atoms with van der Waals surface area (Å²) in [6.07, 6.45) is 2.61. The summed E-state index contributed by atoms with van der Waals surface area (Å²) >= 11 is 1.40. The highest BCUT2D eigenvalue weighted by atomic mass is 32.2. The van der Waals surface area contributed by atoms with E-state index >= 15 is 0 Å². The van der Waals surface area contributed by atoms with E-state index < -0.39 is 0 Å². The first-order valence-electron chi connectivity index (χ1n) is 10.7. The van der Waals surface area contributed by atoms with Crippen LogP contribution in [0.25, 0.3) is 6.08 Å². The molecule has 0 unspecified atom stereocenters. The van der Waals surface area contributed by atoms with Crippen LogP contribution in [0.4, 0.5) is 5.69 Å². The number of carbonyl (C=O) groups excluding carboxylic acids is 2. The number of likely N-dealkylation sites (N-methyl/N-ethyl adjacent to an activating group) is 1.